The van der Waals surface area contributed by atoms with Crippen molar-refractivity contribution in [3.8, 4) is 11.4 Å². The molecule has 0 fully saturated rings. The van der Waals surface area contributed by atoms with E-state index in [4.69, 9.17) is 17.3 Å². The van der Waals surface area contributed by atoms with Gasteiger partial charge in [0.2, 0.25) is 0 Å². The van der Waals surface area contributed by atoms with E-state index in [-0.39, 0.29) is 23.0 Å². The van der Waals surface area contributed by atoms with E-state index in [0.717, 1.165) is 4.57 Å². The largest absolute Gasteiger partial charge is 0.435 e. The molecule has 0 aliphatic rings. The highest BCUT2D eigenvalue weighted by molar-refractivity contribution is 6.33. The molecule has 0 aliphatic heterocycles. The van der Waals surface area contributed by atoms with Gasteiger partial charge < -0.3 is 5.73 Å². The average Bonchev–Trinajstić information content (AvgIpc) is 2.61. The minimum Gasteiger partial charge on any atom is -0.392 e. The Bertz CT molecular complexity index is 1050. The quantitative estimate of drug-likeness (QED) is 0.668. The normalized spacial score (nSPS) is 11.6. The van der Waals surface area contributed by atoms with Gasteiger partial charge in [0.1, 0.15) is 17.3 Å². The number of alkyl halides is 3. The second kappa shape index (κ2) is 7.03. The number of nitrogen functional groups attached to an aromatic ring is 1. The Morgan fingerprint density at radius 3 is 2.30 bits per heavy atom. The number of nitrogens with two attached hydrogens (primary N) is 1. The summed E-state index contributed by atoms with van der Waals surface area (Å²) in [4.78, 5) is 16.2. The Hall–Kier alpha value is -2.87. The van der Waals surface area contributed by atoms with Crippen LogP contribution in [0.5, 0.6) is 0 Å². The molecule has 1 aromatic heterocycles. The Balaban J connectivity index is 2.27. The van der Waals surface area contributed by atoms with Crippen LogP contribution in [0, 0.1) is 5.82 Å². The summed E-state index contributed by atoms with van der Waals surface area (Å²) in [6.45, 7) is -0.158. The fourth-order valence-electron chi connectivity index (χ4n) is 2.55. The van der Waals surface area contributed by atoms with E-state index < -0.39 is 28.9 Å². The van der Waals surface area contributed by atoms with Crippen molar-refractivity contribution in [3.63, 3.8) is 0 Å². The number of aromatic nitrogens is 2. The lowest BCUT2D eigenvalue weighted by Crippen LogP contribution is -2.30. The molecule has 0 saturated carbocycles. The van der Waals surface area contributed by atoms with Crippen molar-refractivity contribution in [2.45, 2.75) is 12.7 Å². The zero-order chi connectivity index (χ0) is 19.8. The summed E-state index contributed by atoms with van der Waals surface area (Å²) in [6.07, 6.45) is -4.91. The average molecular weight is 398 g/mol. The zero-order valence-electron chi connectivity index (χ0n) is 13.6. The lowest BCUT2D eigenvalue weighted by Gasteiger charge is -2.17. The molecule has 2 N–H and O–H groups in total. The molecule has 0 aliphatic carbocycles. The van der Waals surface area contributed by atoms with Gasteiger partial charge in [0.25, 0.3) is 5.56 Å². The number of hydrogen-bond acceptors (Lipinski definition) is 3. The molecule has 0 amide bonds. The third-order valence-electron chi connectivity index (χ3n) is 3.84. The van der Waals surface area contributed by atoms with Crippen molar-refractivity contribution in [1.82, 2.24) is 9.55 Å². The molecule has 2 aromatic carbocycles. The van der Waals surface area contributed by atoms with Crippen LogP contribution in [-0.4, -0.2) is 9.55 Å². The Kier molecular flexibility index (Phi) is 4.93. The van der Waals surface area contributed by atoms with Crippen LogP contribution < -0.4 is 11.3 Å². The molecule has 3 aromatic rings. The minimum atomic E-state index is -4.91. The number of nitrogens with zero attached hydrogens (tertiary/aromatic N) is 2. The number of halogens is 5. The van der Waals surface area contributed by atoms with E-state index in [1.54, 1.807) is 12.1 Å². The number of benzene rings is 2. The summed E-state index contributed by atoms with van der Waals surface area (Å²) < 4.78 is 53.9. The van der Waals surface area contributed by atoms with Crippen LogP contribution in [0.2, 0.25) is 5.02 Å². The second-order valence-corrected chi connectivity index (χ2v) is 6.10. The first-order valence-electron chi connectivity index (χ1n) is 7.65. The molecule has 3 rings (SSSR count). The van der Waals surface area contributed by atoms with Gasteiger partial charge in [-0.25, -0.2) is 9.37 Å². The maximum absolute atomic E-state index is 13.3. The molecule has 0 radical (unpaired) electrons. The van der Waals surface area contributed by atoms with Crippen LogP contribution in [0.4, 0.5) is 23.2 Å². The standard InChI is InChI=1S/C18H12ClF4N3O/c19-13-4-2-1-3-12(13)16-25-15(18(21,22)23)14(24)17(27)26(16)9-10-5-7-11(20)8-6-10/h1-8H,9,24H2. The van der Waals surface area contributed by atoms with Gasteiger partial charge in [0, 0.05) is 5.56 Å². The molecule has 0 spiro atoms. The maximum Gasteiger partial charge on any atom is 0.435 e. The third kappa shape index (κ3) is 3.80. The van der Waals surface area contributed by atoms with E-state index >= 15 is 0 Å². The van der Waals surface area contributed by atoms with Crippen molar-refractivity contribution >= 4 is 17.3 Å². The fourth-order valence-corrected chi connectivity index (χ4v) is 2.77. The molecule has 0 bridgehead atoms. The molecule has 0 atom stereocenters. The van der Waals surface area contributed by atoms with Crippen LogP contribution in [0.25, 0.3) is 11.4 Å². The third-order valence-corrected chi connectivity index (χ3v) is 4.17. The molecule has 27 heavy (non-hydrogen) atoms. The predicted octanol–water partition coefficient (Wildman–Crippen LogP) is 4.35. The van der Waals surface area contributed by atoms with E-state index in [0.29, 0.717) is 5.56 Å². The SMILES string of the molecule is Nc1c(C(F)(F)F)nc(-c2ccccc2Cl)n(Cc2ccc(F)cc2)c1=O. The predicted molar refractivity (Wildman–Crippen MR) is 93.9 cm³/mol. The first kappa shape index (κ1) is 18.9. The highest BCUT2D eigenvalue weighted by Crippen LogP contribution is 2.33. The molecule has 1 heterocycles. The number of hydrogen-bond donors (Lipinski definition) is 1. The van der Waals surface area contributed by atoms with Crippen LogP contribution in [0.1, 0.15) is 11.3 Å². The summed E-state index contributed by atoms with van der Waals surface area (Å²) in [5, 5.41) is 0.121. The summed E-state index contributed by atoms with van der Waals surface area (Å²) in [5.74, 6) is -0.765. The fraction of sp³-hybridized carbons (Fsp3) is 0.111. The van der Waals surface area contributed by atoms with Gasteiger partial charge in [0.15, 0.2) is 5.69 Å². The molecule has 9 heteroatoms. The summed E-state index contributed by atoms with van der Waals surface area (Å²) in [5.41, 5.74) is 2.50. The van der Waals surface area contributed by atoms with Crippen LogP contribution in [-0.2, 0) is 12.7 Å². The van der Waals surface area contributed by atoms with Crippen molar-refractivity contribution in [2.75, 3.05) is 5.73 Å². The van der Waals surface area contributed by atoms with Gasteiger partial charge in [-0.3, -0.25) is 9.36 Å². The van der Waals surface area contributed by atoms with Crippen molar-refractivity contribution in [3.05, 3.63) is 81.0 Å². The maximum atomic E-state index is 13.3. The topological polar surface area (TPSA) is 60.9 Å². The van der Waals surface area contributed by atoms with E-state index in [1.165, 1.54) is 36.4 Å². The number of rotatable bonds is 3. The van der Waals surface area contributed by atoms with Crippen molar-refractivity contribution < 1.29 is 17.6 Å². The molecular weight excluding hydrogens is 386 g/mol. The summed E-state index contributed by atoms with van der Waals surface area (Å²) in [7, 11) is 0. The van der Waals surface area contributed by atoms with Crippen LogP contribution in [0.15, 0.2) is 53.3 Å². The van der Waals surface area contributed by atoms with Gasteiger partial charge >= 0.3 is 6.18 Å². The smallest absolute Gasteiger partial charge is 0.392 e. The van der Waals surface area contributed by atoms with Gasteiger partial charge in [0.05, 0.1) is 11.6 Å². The van der Waals surface area contributed by atoms with Crippen molar-refractivity contribution in [2.24, 2.45) is 0 Å². The Labute approximate surface area is 155 Å². The Morgan fingerprint density at radius 2 is 1.70 bits per heavy atom. The Morgan fingerprint density at radius 1 is 1.07 bits per heavy atom. The lowest BCUT2D eigenvalue weighted by atomic mass is 10.1. The minimum absolute atomic E-state index is 0.121. The molecule has 0 unspecified atom stereocenters. The van der Waals surface area contributed by atoms with Crippen molar-refractivity contribution in [1.29, 1.82) is 0 Å². The summed E-state index contributed by atoms with van der Waals surface area (Å²) in [6, 6.07) is 11.2. The van der Waals surface area contributed by atoms with Gasteiger partial charge in [-0.15, -0.1) is 0 Å². The van der Waals surface area contributed by atoms with Crippen LogP contribution in [0.3, 0.4) is 0 Å². The highest BCUT2D eigenvalue weighted by Gasteiger charge is 2.37. The monoisotopic (exact) mass is 397 g/mol. The van der Waals surface area contributed by atoms with E-state index in [1.807, 2.05) is 0 Å². The lowest BCUT2D eigenvalue weighted by molar-refractivity contribution is -0.140. The first-order chi connectivity index (χ1) is 12.7. The van der Waals surface area contributed by atoms with E-state index in [2.05, 4.69) is 4.98 Å². The molecule has 140 valence electrons. The van der Waals surface area contributed by atoms with Gasteiger partial charge in [-0.2, -0.15) is 13.2 Å². The highest BCUT2D eigenvalue weighted by atomic mass is 35.5. The van der Waals surface area contributed by atoms with Gasteiger partial charge in [-0.05, 0) is 29.8 Å². The molecular formula is C18H12ClF4N3O. The van der Waals surface area contributed by atoms with E-state index in [9.17, 15) is 22.4 Å². The van der Waals surface area contributed by atoms with Gasteiger partial charge in [-0.1, -0.05) is 35.9 Å². The molecule has 4 nitrogen and oxygen atoms in total. The first-order valence-corrected chi connectivity index (χ1v) is 8.03. The molecule has 0 saturated heterocycles. The van der Waals surface area contributed by atoms with Crippen LogP contribution >= 0.6 is 11.6 Å². The second-order valence-electron chi connectivity index (χ2n) is 5.69. The zero-order valence-corrected chi connectivity index (χ0v) is 14.4. The summed E-state index contributed by atoms with van der Waals surface area (Å²) >= 11 is 6.10. The number of anilines is 1.